The van der Waals surface area contributed by atoms with Gasteiger partial charge in [0.2, 0.25) is 5.91 Å². The van der Waals surface area contributed by atoms with Crippen molar-refractivity contribution in [3.05, 3.63) is 29.8 Å². The third kappa shape index (κ3) is 3.47. The van der Waals surface area contributed by atoms with Crippen LogP contribution in [0.5, 0.6) is 0 Å². The van der Waals surface area contributed by atoms with Gasteiger partial charge in [-0.05, 0) is 50.3 Å². The van der Waals surface area contributed by atoms with E-state index in [1.807, 2.05) is 0 Å². The third-order valence-electron chi connectivity index (χ3n) is 4.27. The molecule has 2 aliphatic carbocycles. The van der Waals surface area contributed by atoms with Crippen LogP contribution in [0.1, 0.15) is 42.5 Å². The Morgan fingerprint density at radius 3 is 2.64 bits per heavy atom. The fourth-order valence-corrected chi connectivity index (χ4v) is 2.82. The van der Waals surface area contributed by atoms with Crippen molar-refractivity contribution in [2.45, 2.75) is 44.3 Å². The van der Waals surface area contributed by atoms with Crippen molar-refractivity contribution in [2.24, 2.45) is 5.92 Å². The summed E-state index contributed by atoms with van der Waals surface area (Å²) in [5.74, 6) is -0.200. The molecule has 0 unspecified atom stereocenters. The molecule has 1 aromatic rings. The molecule has 2 aliphatic rings. The number of methoxy groups -OCH3 is 1. The van der Waals surface area contributed by atoms with Crippen LogP contribution >= 0.6 is 0 Å². The van der Waals surface area contributed by atoms with Gasteiger partial charge in [0.25, 0.3) is 0 Å². The van der Waals surface area contributed by atoms with Gasteiger partial charge < -0.3 is 14.8 Å². The van der Waals surface area contributed by atoms with Gasteiger partial charge in [-0.2, -0.15) is 0 Å². The number of ether oxygens (including phenoxy) is 2. The third-order valence-corrected chi connectivity index (χ3v) is 4.27. The molecule has 1 amide bonds. The Balaban J connectivity index is 1.63. The lowest BCUT2D eigenvalue weighted by atomic mass is 10.2. The molecular weight excluding hydrogens is 282 g/mol. The SMILES string of the molecule is CO[C@@H]1CCC[C@H]1OC(=O)c1cccc(NC(=O)C2CC2)c1. The van der Waals surface area contributed by atoms with Crippen molar-refractivity contribution < 1.29 is 19.1 Å². The zero-order valence-electron chi connectivity index (χ0n) is 12.7. The highest BCUT2D eigenvalue weighted by Crippen LogP contribution is 2.30. The van der Waals surface area contributed by atoms with Crippen LogP contribution in [0.25, 0.3) is 0 Å². The summed E-state index contributed by atoms with van der Waals surface area (Å²) in [6, 6.07) is 6.90. The van der Waals surface area contributed by atoms with Crippen LogP contribution in [-0.2, 0) is 14.3 Å². The topological polar surface area (TPSA) is 64.6 Å². The van der Waals surface area contributed by atoms with Gasteiger partial charge in [-0.15, -0.1) is 0 Å². The zero-order valence-corrected chi connectivity index (χ0v) is 12.7. The molecule has 3 rings (SSSR count). The number of amides is 1. The first kappa shape index (κ1) is 15.0. The number of hydrogen-bond donors (Lipinski definition) is 1. The first-order valence-corrected chi connectivity index (χ1v) is 7.82. The molecule has 2 atom stereocenters. The summed E-state index contributed by atoms with van der Waals surface area (Å²) in [6.45, 7) is 0. The lowest BCUT2D eigenvalue weighted by Gasteiger charge is -2.18. The number of rotatable bonds is 5. The lowest BCUT2D eigenvalue weighted by molar-refractivity contribution is -0.117. The molecule has 0 radical (unpaired) electrons. The molecule has 2 fully saturated rings. The maximum absolute atomic E-state index is 12.3. The van der Waals surface area contributed by atoms with Gasteiger partial charge in [0.1, 0.15) is 6.10 Å². The molecule has 0 saturated heterocycles. The van der Waals surface area contributed by atoms with E-state index in [0.717, 1.165) is 32.1 Å². The van der Waals surface area contributed by atoms with Crippen molar-refractivity contribution in [1.82, 2.24) is 0 Å². The van der Waals surface area contributed by atoms with Gasteiger partial charge in [0.15, 0.2) is 0 Å². The first-order valence-electron chi connectivity index (χ1n) is 7.82. The average molecular weight is 303 g/mol. The van der Waals surface area contributed by atoms with Crippen molar-refractivity contribution in [1.29, 1.82) is 0 Å². The summed E-state index contributed by atoms with van der Waals surface area (Å²) in [5, 5.41) is 2.84. The zero-order chi connectivity index (χ0) is 15.5. The minimum atomic E-state index is -0.364. The van der Waals surface area contributed by atoms with Crippen LogP contribution in [0.15, 0.2) is 24.3 Å². The maximum Gasteiger partial charge on any atom is 0.338 e. The summed E-state index contributed by atoms with van der Waals surface area (Å²) >= 11 is 0. The number of esters is 1. The van der Waals surface area contributed by atoms with Crippen LogP contribution < -0.4 is 5.32 Å². The minimum absolute atomic E-state index is 0.0123. The second kappa shape index (κ2) is 6.48. The fourth-order valence-electron chi connectivity index (χ4n) is 2.82. The highest BCUT2D eigenvalue weighted by molar-refractivity contribution is 5.96. The summed E-state index contributed by atoms with van der Waals surface area (Å²) < 4.78 is 10.9. The highest BCUT2D eigenvalue weighted by Gasteiger charge is 2.31. The number of benzene rings is 1. The fraction of sp³-hybridized carbons (Fsp3) is 0.529. The predicted octanol–water partition coefficient (Wildman–Crippen LogP) is 2.76. The molecule has 118 valence electrons. The van der Waals surface area contributed by atoms with E-state index in [1.54, 1.807) is 31.4 Å². The Morgan fingerprint density at radius 1 is 1.14 bits per heavy atom. The van der Waals surface area contributed by atoms with Gasteiger partial charge in [0, 0.05) is 18.7 Å². The molecular formula is C17H21NO4. The van der Waals surface area contributed by atoms with E-state index in [0.29, 0.717) is 11.3 Å². The summed E-state index contributed by atoms with van der Waals surface area (Å²) in [6.07, 6.45) is 4.48. The van der Waals surface area contributed by atoms with E-state index in [1.165, 1.54) is 0 Å². The van der Waals surface area contributed by atoms with E-state index in [2.05, 4.69) is 5.32 Å². The largest absolute Gasteiger partial charge is 0.456 e. The normalized spacial score (nSPS) is 24.0. The van der Waals surface area contributed by atoms with Crippen LogP contribution in [0, 0.1) is 5.92 Å². The Labute approximate surface area is 130 Å². The van der Waals surface area contributed by atoms with Gasteiger partial charge in [0.05, 0.1) is 11.7 Å². The standard InChI is InChI=1S/C17H21NO4/c1-21-14-6-3-7-15(14)22-17(20)12-4-2-5-13(10-12)18-16(19)11-8-9-11/h2,4-5,10-11,14-15H,3,6-9H2,1H3,(H,18,19)/t14-,15-/m1/s1. The van der Waals surface area contributed by atoms with Gasteiger partial charge >= 0.3 is 5.97 Å². The Hall–Kier alpha value is -1.88. The van der Waals surface area contributed by atoms with Crippen LogP contribution in [-0.4, -0.2) is 31.2 Å². The summed E-state index contributed by atoms with van der Waals surface area (Å²) in [4.78, 5) is 24.0. The van der Waals surface area contributed by atoms with Crippen LogP contribution in [0.4, 0.5) is 5.69 Å². The molecule has 5 nitrogen and oxygen atoms in total. The molecule has 0 aromatic heterocycles. The number of carbonyl (C=O) groups excluding carboxylic acids is 2. The molecule has 1 aromatic carbocycles. The van der Waals surface area contributed by atoms with Gasteiger partial charge in [-0.3, -0.25) is 4.79 Å². The van der Waals surface area contributed by atoms with Crippen molar-refractivity contribution in [3.63, 3.8) is 0 Å². The second-order valence-electron chi connectivity index (χ2n) is 5.99. The van der Waals surface area contributed by atoms with Crippen LogP contribution in [0.3, 0.4) is 0 Å². The number of nitrogens with one attached hydrogen (secondary N) is 1. The number of carbonyl (C=O) groups is 2. The predicted molar refractivity (Wildman–Crippen MR) is 81.6 cm³/mol. The summed E-state index contributed by atoms with van der Waals surface area (Å²) in [5.41, 5.74) is 1.09. The van der Waals surface area contributed by atoms with Crippen molar-refractivity contribution >= 4 is 17.6 Å². The molecule has 2 saturated carbocycles. The highest BCUT2D eigenvalue weighted by atomic mass is 16.6. The average Bonchev–Trinajstić information content (AvgIpc) is 3.28. The molecule has 22 heavy (non-hydrogen) atoms. The molecule has 0 bridgehead atoms. The molecule has 0 heterocycles. The van der Waals surface area contributed by atoms with Crippen LogP contribution in [0.2, 0.25) is 0 Å². The number of hydrogen-bond acceptors (Lipinski definition) is 4. The second-order valence-corrected chi connectivity index (χ2v) is 5.99. The monoisotopic (exact) mass is 303 g/mol. The minimum Gasteiger partial charge on any atom is -0.456 e. The molecule has 1 N–H and O–H groups in total. The van der Waals surface area contributed by atoms with Crippen molar-refractivity contribution in [2.75, 3.05) is 12.4 Å². The van der Waals surface area contributed by atoms with E-state index in [-0.39, 0.29) is 30.0 Å². The molecule has 0 aliphatic heterocycles. The van der Waals surface area contributed by atoms with E-state index in [9.17, 15) is 9.59 Å². The summed E-state index contributed by atoms with van der Waals surface area (Å²) in [7, 11) is 1.64. The smallest absolute Gasteiger partial charge is 0.338 e. The first-order chi connectivity index (χ1) is 10.7. The Kier molecular flexibility index (Phi) is 4.43. The molecule has 0 spiro atoms. The Bertz CT molecular complexity index is 568. The maximum atomic E-state index is 12.3. The molecule has 5 heteroatoms. The Morgan fingerprint density at radius 2 is 1.91 bits per heavy atom. The van der Waals surface area contributed by atoms with Crippen molar-refractivity contribution in [3.8, 4) is 0 Å². The van der Waals surface area contributed by atoms with E-state index in [4.69, 9.17) is 9.47 Å². The van der Waals surface area contributed by atoms with Gasteiger partial charge in [-0.25, -0.2) is 4.79 Å². The lowest BCUT2D eigenvalue weighted by Crippen LogP contribution is -2.27. The van der Waals surface area contributed by atoms with E-state index < -0.39 is 0 Å². The quantitative estimate of drug-likeness (QED) is 0.850. The van der Waals surface area contributed by atoms with Gasteiger partial charge in [-0.1, -0.05) is 6.07 Å². The number of anilines is 1. The van der Waals surface area contributed by atoms with E-state index >= 15 is 0 Å².